The number of benzene rings is 1. The SMILES string of the molecule is CC1C(CO)OC(c2cccc(OC(=O)Nc3cccs3)c2)C(O)C1O. The second-order valence-corrected chi connectivity index (χ2v) is 7.13. The van der Waals surface area contributed by atoms with E-state index in [4.69, 9.17) is 9.47 Å². The van der Waals surface area contributed by atoms with E-state index in [0.29, 0.717) is 10.6 Å². The lowest BCUT2D eigenvalue weighted by molar-refractivity contribution is -0.207. The maximum Gasteiger partial charge on any atom is 0.417 e. The van der Waals surface area contributed by atoms with E-state index in [0.717, 1.165) is 0 Å². The van der Waals surface area contributed by atoms with Gasteiger partial charge in [0.2, 0.25) is 0 Å². The summed E-state index contributed by atoms with van der Waals surface area (Å²) in [6.45, 7) is 1.44. The highest BCUT2D eigenvalue weighted by Gasteiger charge is 2.42. The van der Waals surface area contributed by atoms with E-state index in [2.05, 4.69) is 5.32 Å². The molecule has 0 bridgehead atoms. The molecule has 1 aromatic carbocycles. The second-order valence-electron chi connectivity index (χ2n) is 6.18. The summed E-state index contributed by atoms with van der Waals surface area (Å²) in [7, 11) is 0. The summed E-state index contributed by atoms with van der Waals surface area (Å²) >= 11 is 1.37. The zero-order valence-corrected chi connectivity index (χ0v) is 14.9. The van der Waals surface area contributed by atoms with Crippen molar-refractivity contribution >= 4 is 22.4 Å². The molecule has 5 unspecified atom stereocenters. The molecule has 7 nitrogen and oxygen atoms in total. The van der Waals surface area contributed by atoms with E-state index in [1.807, 2.05) is 11.4 Å². The van der Waals surface area contributed by atoms with Gasteiger partial charge in [-0.25, -0.2) is 4.79 Å². The van der Waals surface area contributed by atoms with Gasteiger partial charge in [0.25, 0.3) is 0 Å². The number of rotatable bonds is 4. The summed E-state index contributed by atoms with van der Waals surface area (Å²) in [6.07, 6.45) is -4.23. The maximum atomic E-state index is 11.9. The molecule has 1 aliphatic rings. The first kappa shape index (κ1) is 18.8. The fourth-order valence-corrected chi connectivity index (χ4v) is 3.53. The lowest BCUT2D eigenvalue weighted by Crippen LogP contribution is -2.50. The normalized spacial score (nSPS) is 28.5. The molecule has 1 saturated heterocycles. The number of carbonyl (C=O) groups is 1. The Bertz CT molecular complexity index is 735. The number of aliphatic hydroxyl groups is 3. The van der Waals surface area contributed by atoms with Gasteiger partial charge in [-0.05, 0) is 35.2 Å². The van der Waals surface area contributed by atoms with Crippen molar-refractivity contribution in [1.29, 1.82) is 0 Å². The number of aliphatic hydroxyl groups excluding tert-OH is 3. The summed E-state index contributed by atoms with van der Waals surface area (Å²) in [5.41, 5.74) is 0.545. The summed E-state index contributed by atoms with van der Waals surface area (Å²) in [4.78, 5) is 11.9. The Labute approximate surface area is 154 Å². The van der Waals surface area contributed by atoms with Gasteiger partial charge in [0.1, 0.15) is 18.0 Å². The van der Waals surface area contributed by atoms with Crippen LogP contribution in [0, 0.1) is 5.92 Å². The summed E-state index contributed by atoms with van der Waals surface area (Å²) in [6, 6.07) is 10.1. The van der Waals surface area contributed by atoms with Gasteiger partial charge in [0.05, 0.1) is 23.8 Å². The highest BCUT2D eigenvalue weighted by Crippen LogP contribution is 2.36. The number of anilines is 1. The molecule has 140 valence electrons. The topological polar surface area (TPSA) is 108 Å². The van der Waals surface area contributed by atoms with Crippen LogP contribution in [0.1, 0.15) is 18.6 Å². The molecule has 1 aromatic heterocycles. The average Bonchev–Trinajstić information content (AvgIpc) is 3.13. The minimum Gasteiger partial charge on any atom is -0.410 e. The van der Waals surface area contributed by atoms with Crippen LogP contribution < -0.4 is 10.1 Å². The predicted octanol–water partition coefficient (Wildman–Crippen LogP) is 2.15. The van der Waals surface area contributed by atoms with Crippen LogP contribution >= 0.6 is 11.3 Å². The molecule has 0 aliphatic carbocycles. The van der Waals surface area contributed by atoms with Crippen molar-refractivity contribution in [3.05, 3.63) is 47.3 Å². The molecule has 0 radical (unpaired) electrons. The van der Waals surface area contributed by atoms with Gasteiger partial charge in [0.15, 0.2) is 0 Å². The van der Waals surface area contributed by atoms with Crippen molar-refractivity contribution in [2.45, 2.75) is 31.3 Å². The molecule has 8 heteroatoms. The number of thiophene rings is 1. The smallest absolute Gasteiger partial charge is 0.410 e. The van der Waals surface area contributed by atoms with E-state index in [1.165, 1.54) is 11.3 Å². The van der Waals surface area contributed by atoms with Crippen LogP contribution in [0.2, 0.25) is 0 Å². The molecule has 5 atom stereocenters. The van der Waals surface area contributed by atoms with E-state index in [9.17, 15) is 20.1 Å². The van der Waals surface area contributed by atoms with Crippen LogP contribution in [0.15, 0.2) is 41.8 Å². The van der Waals surface area contributed by atoms with Gasteiger partial charge in [-0.1, -0.05) is 19.1 Å². The highest BCUT2D eigenvalue weighted by atomic mass is 32.1. The summed E-state index contributed by atoms with van der Waals surface area (Å²) in [5, 5.41) is 35.1. The van der Waals surface area contributed by atoms with Crippen LogP contribution in [-0.4, -0.2) is 46.3 Å². The van der Waals surface area contributed by atoms with Crippen LogP contribution in [0.5, 0.6) is 5.75 Å². The van der Waals surface area contributed by atoms with Crippen LogP contribution in [-0.2, 0) is 4.74 Å². The highest BCUT2D eigenvalue weighted by molar-refractivity contribution is 7.14. The van der Waals surface area contributed by atoms with E-state index in [1.54, 1.807) is 37.3 Å². The van der Waals surface area contributed by atoms with Crippen molar-refractivity contribution in [2.75, 3.05) is 11.9 Å². The molecule has 0 spiro atoms. The first-order valence-corrected chi connectivity index (χ1v) is 9.12. The Morgan fingerprint density at radius 3 is 2.77 bits per heavy atom. The monoisotopic (exact) mass is 379 g/mol. The number of amides is 1. The third-order valence-corrected chi connectivity index (χ3v) is 5.22. The van der Waals surface area contributed by atoms with E-state index in [-0.39, 0.29) is 12.4 Å². The Kier molecular flexibility index (Phi) is 5.90. The number of hydrogen-bond donors (Lipinski definition) is 4. The van der Waals surface area contributed by atoms with Crippen LogP contribution in [0.25, 0.3) is 0 Å². The number of carbonyl (C=O) groups excluding carboxylic acids is 1. The van der Waals surface area contributed by atoms with Crippen molar-refractivity contribution < 1.29 is 29.6 Å². The fourth-order valence-electron chi connectivity index (χ4n) is 2.93. The predicted molar refractivity (Wildman–Crippen MR) is 96.3 cm³/mol. The summed E-state index contributed by atoms with van der Waals surface area (Å²) < 4.78 is 11.0. The largest absolute Gasteiger partial charge is 0.417 e. The molecular formula is C18H21NO6S. The molecule has 26 heavy (non-hydrogen) atoms. The minimum atomic E-state index is -1.15. The molecule has 3 rings (SSSR count). The van der Waals surface area contributed by atoms with Gasteiger partial charge in [0, 0.05) is 5.92 Å². The fraction of sp³-hybridized carbons (Fsp3) is 0.389. The molecule has 2 aromatic rings. The first-order valence-electron chi connectivity index (χ1n) is 8.24. The Balaban J connectivity index is 1.73. The lowest BCUT2D eigenvalue weighted by Gasteiger charge is -2.41. The Morgan fingerprint density at radius 2 is 2.08 bits per heavy atom. The standard InChI is InChI=1S/C18H21NO6S/c1-10-13(9-20)25-17(16(22)15(10)21)11-4-2-5-12(8-11)24-18(23)19-14-6-3-7-26-14/h2-8,10,13,15-17,20-22H,9H2,1H3,(H,19,23). The van der Waals surface area contributed by atoms with Crippen molar-refractivity contribution in [1.82, 2.24) is 0 Å². The van der Waals surface area contributed by atoms with E-state index < -0.39 is 36.4 Å². The summed E-state index contributed by atoms with van der Waals surface area (Å²) in [5.74, 6) is -0.122. The Hall–Kier alpha value is -1.97. The quantitative estimate of drug-likeness (QED) is 0.648. The van der Waals surface area contributed by atoms with Crippen LogP contribution in [0.3, 0.4) is 0 Å². The Morgan fingerprint density at radius 1 is 1.27 bits per heavy atom. The first-order chi connectivity index (χ1) is 12.5. The minimum absolute atomic E-state index is 0.263. The third kappa shape index (κ3) is 4.05. The molecule has 1 amide bonds. The van der Waals surface area contributed by atoms with E-state index >= 15 is 0 Å². The molecule has 2 heterocycles. The van der Waals surface area contributed by atoms with Crippen LogP contribution in [0.4, 0.5) is 9.80 Å². The number of hydrogen-bond acceptors (Lipinski definition) is 7. The molecule has 1 fully saturated rings. The van der Waals surface area contributed by atoms with Crippen molar-refractivity contribution in [3.63, 3.8) is 0 Å². The zero-order valence-electron chi connectivity index (χ0n) is 14.1. The maximum absolute atomic E-state index is 11.9. The molecular weight excluding hydrogens is 358 g/mol. The van der Waals surface area contributed by atoms with Gasteiger partial charge in [-0.15, -0.1) is 11.3 Å². The molecule has 0 saturated carbocycles. The number of ether oxygens (including phenoxy) is 2. The third-order valence-electron chi connectivity index (χ3n) is 4.43. The second kappa shape index (κ2) is 8.15. The van der Waals surface area contributed by atoms with Crippen molar-refractivity contribution in [3.8, 4) is 5.75 Å². The zero-order chi connectivity index (χ0) is 18.7. The average molecular weight is 379 g/mol. The van der Waals surface area contributed by atoms with Gasteiger partial charge >= 0.3 is 6.09 Å². The molecule has 1 aliphatic heterocycles. The lowest BCUT2D eigenvalue weighted by atomic mass is 9.86. The van der Waals surface area contributed by atoms with Gasteiger partial charge in [-0.2, -0.15) is 0 Å². The van der Waals surface area contributed by atoms with Gasteiger partial charge < -0.3 is 24.8 Å². The molecule has 4 N–H and O–H groups in total. The number of nitrogens with one attached hydrogen (secondary N) is 1. The van der Waals surface area contributed by atoms with Crippen molar-refractivity contribution in [2.24, 2.45) is 5.92 Å². The van der Waals surface area contributed by atoms with Gasteiger partial charge in [-0.3, -0.25) is 5.32 Å².